The van der Waals surface area contributed by atoms with Gasteiger partial charge < -0.3 is 4.90 Å². The van der Waals surface area contributed by atoms with Crippen molar-refractivity contribution in [3.8, 4) is 0 Å². The van der Waals surface area contributed by atoms with Crippen LogP contribution < -0.4 is 0 Å². The zero-order chi connectivity index (χ0) is 13.1. The molecule has 0 saturated heterocycles. The fraction of sp³-hybridized carbons (Fsp3) is 0.462. The van der Waals surface area contributed by atoms with Gasteiger partial charge in [0.1, 0.15) is 0 Å². The fourth-order valence-corrected chi connectivity index (χ4v) is 2.83. The first kappa shape index (κ1) is 14.2. The second kappa shape index (κ2) is 6.27. The van der Waals surface area contributed by atoms with Crippen molar-refractivity contribution in [1.82, 2.24) is 4.90 Å². The molecule has 0 atom stereocenters. The second-order valence-corrected chi connectivity index (χ2v) is 6.07. The zero-order valence-corrected chi connectivity index (χ0v) is 12.9. The summed E-state index contributed by atoms with van der Waals surface area (Å²) in [6.07, 6.45) is 3.33. The van der Waals surface area contributed by atoms with Crippen molar-refractivity contribution in [2.45, 2.75) is 25.3 Å². The van der Waals surface area contributed by atoms with Gasteiger partial charge in [-0.2, -0.15) is 0 Å². The molecule has 0 bridgehead atoms. The van der Waals surface area contributed by atoms with Crippen molar-refractivity contribution in [3.05, 3.63) is 33.3 Å². The molecule has 0 aromatic heterocycles. The third-order valence-corrected chi connectivity index (χ3v) is 4.36. The number of alkyl halides is 1. The summed E-state index contributed by atoms with van der Waals surface area (Å²) in [5.41, 5.74) is 0.611. The highest BCUT2D eigenvalue weighted by molar-refractivity contribution is 9.10. The summed E-state index contributed by atoms with van der Waals surface area (Å²) in [6, 6.07) is 5.60. The summed E-state index contributed by atoms with van der Waals surface area (Å²) in [4.78, 5) is 14.4. The summed E-state index contributed by atoms with van der Waals surface area (Å²) in [5, 5.41) is 0.570. The van der Waals surface area contributed by atoms with Crippen LogP contribution >= 0.6 is 39.1 Å². The zero-order valence-electron chi connectivity index (χ0n) is 9.83. The van der Waals surface area contributed by atoms with E-state index in [9.17, 15) is 4.79 Å². The highest BCUT2D eigenvalue weighted by Gasteiger charge is 2.29. The molecular formula is C13H14BrCl2NO. The summed E-state index contributed by atoms with van der Waals surface area (Å²) in [7, 11) is 0. The van der Waals surface area contributed by atoms with Gasteiger partial charge in [-0.25, -0.2) is 0 Å². The van der Waals surface area contributed by atoms with Gasteiger partial charge in [0.25, 0.3) is 5.91 Å². The molecule has 0 unspecified atom stereocenters. The van der Waals surface area contributed by atoms with Crippen LogP contribution in [0.25, 0.3) is 0 Å². The minimum Gasteiger partial charge on any atom is -0.334 e. The van der Waals surface area contributed by atoms with Gasteiger partial charge in [-0.1, -0.05) is 11.6 Å². The van der Waals surface area contributed by atoms with Crippen LogP contribution in [0.3, 0.4) is 0 Å². The number of nitrogens with zero attached hydrogens (tertiary/aromatic N) is 1. The molecule has 2 nitrogen and oxygen atoms in total. The molecule has 1 aromatic rings. The minimum absolute atomic E-state index is 0.00900. The van der Waals surface area contributed by atoms with Crippen LogP contribution in [0.1, 0.15) is 29.6 Å². The van der Waals surface area contributed by atoms with Gasteiger partial charge >= 0.3 is 0 Å². The van der Waals surface area contributed by atoms with Crippen molar-refractivity contribution in [2.75, 3.05) is 12.4 Å². The minimum atomic E-state index is 0.00900. The van der Waals surface area contributed by atoms with Gasteiger partial charge in [-0.05, 0) is 53.4 Å². The Labute approximate surface area is 125 Å². The molecule has 1 fully saturated rings. The number of hydrogen-bond acceptors (Lipinski definition) is 1. The Morgan fingerprint density at radius 3 is 2.72 bits per heavy atom. The lowest BCUT2D eigenvalue weighted by molar-refractivity contribution is 0.0597. The monoisotopic (exact) mass is 349 g/mol. The Bertz CT molecular complexity index is 449. The van der Waals surface area contributed by atoms with E-state index in [1.807, 2.05) is 4.90 Å². The lowest BCUT2D eigenvalue weighted by Gasteiger charge is -2.37. The summed E-state index contributed by atoms with van der Waals surface area (Å²) < 4.78 is 0.774. The average molecular weight is 351 g/mol. The maximum Gasteiger partial charge on any atom is 0.255 e. The Morgan fingerprint density at radius 1 is 1.44 bits per heavy atom. The van der Waals surface area contributed by atoms with Crippen LogP contribution in [-0.2, 0) is 0 Å². The maximum atomic E-state index is 12.5. The van der Waals surface area contributed by atoms with Crippen molar-refractivity contribution in [2.24, 2.45) is 0 Å². The van der Waals surface area contributed by atoms with Gasteiger partial charge in [-0.3, -0.25) is 4.79 Å². The highest BCUT2D eigenvalue weighted by Crippen LogP contribution is 2.29. The van der Waals surface area contributed by atoms with Crippen molar-refractivity contribution >= 4 is 45.0 Å². The number of carbonyl (C=O) groups excluding carboxylic acids is 1. The Hall–Kier alpha value is -0.250. The van der Waals surface area contributed by atoms with Crippen LogP contribution in [0, 0.1) is 0 Å². The highest BCUT2D eigenvalue weighted by atomic mass is 79.9. The Morgan fingerprint density at radius 2 is 2.17 bits per heavy atom. The van der Waals surface area contributed by atoms with Gasteiger partial charge in [0.05, 0.1) is 5.56 Å². The summed E-state index contributed by atoms with van der Waals surface area (Å²) in [6.45, 7) is 0.587. The van der Waals surface area contributed by atoms with Crippen molar-refractivity contribution in [3.63, 3.8) is 0 Å². The second-order valence-electron chi connectivity index (χ2n) is 4.40. The summed E-state index contributed by atoms with van der Waals surface area (Å²) >= 11 is 15.1. The lowest BCUT2D eigenvalue weighted by atomic mass is 9.91. The van der Waals surface area contributed by atoms with Crippen LogP contribution in [0.15, 0.2) is 22.7 Å². The summed E-state index contributed by atoms with van der Waals surface area (Å²) in [5.74, 6) is 0.468. The Balaban J connectivity index is 2.23. The van der Waals surface area contributed by atoms with E-state index >= 15 is 0 Å². The molecule has 1 aliphatic rings. The van der Waals surface area contributed by atoms with E-state index in [1.165, 1.54) is 6.42 Å². The van der Waals surface area contributed by atoms with Crippen molar-refractivity contribution in [1.29, 1.82) is 0 Å². The predicted octanol–water partition coefficient (Wildman–Crippen LogP) is 4.34. The van der Waals surface area contributed by atoms with E-state index in [2.05, 4.69) is 15.9 Å². The van der Waals surface area contributed by atoms with Gasteiger partial charge in [0.15, 0.2) is 0 Å². The molecule has 1 saturated carbocycles. The molecular weight excluding hydrogens is 337 g/mol. The number of halogens is 3. The van der Waals surface area contributed by atoms with E-state index in [-0.39, 0.29) is 5.91 Å². The molecule has 98 valence electrons. The average Bonchev–Trinajstić information content (AvgIpc) is 2.28. The lowest BCUT2D eigenvalue weighted by Crippen LogP contribution is -2.45. The number of amides is 1. The van der Waals surface area contributed by atoms with Crippen LogP contribution in [-0.4, -0.2) is 29.3 Å². The van der Waals surface area contributed by atoms with Crippen LogP contribution in [0.2, 0.25) is 5.02 Å². The first-order valence-electron chi connectivity index (χ1n) is 5.95. The number of hydrogen-bond donors (Lipinski definition) is 0. The van der Waals surface area contributed by atoms with Crippen LogP contribution in [0.4, 0.5) is 0 Å². The SMILES string of the molecule is O=C(c1cc(Cl)ccc1Br)N(CCCl)C1CCC1. The third kappa shape index (κ3) is 3.01. The quantitative estimate of drug-likeness (QED) is 0.740. The topological polar surface area (TPSA) is 20.3 Å². The number of carbonyl (C=O) groups is 1. The van der Waals surface area contributed by atoms with E-state index in [4.69, 9.17) is 23.2 Å². The fourth-order valence-electron chi connectivity index (χ4n) is 2.06. The molecule has 0 radical (unpaired) electrons. The van der Waals surface area contributed by atoms with E-state index in [1.54, 1.807) is 18.2 Å². The standard InChI is InChI=1S/C13H14BrCl2NO/c14-12-5-4-9(16)8-11(12)13(18)17(7-6-15)10-2-1-3-10/h4-5,8,10H,1-3,6-7H2. The number of benzene rings is 1. The Kier molecular flexibility index (Phi) is 4.93. The molecule has 1 aromatic carbocycles. The van der Waals surface area contributed by atoms with E-state index < -0.39 is 0 Å². The third-order valence-electron chi connectivity index (χ3n) is 3.26. The van der Waals surface area contributed by atoms with E-state index in [0.29, 0.717) is 29.1 Å². The maximum absolute atomic E-state index is 12.5. The molecule has 0 spiro atoms. The normalized spacial score (nSPS) is 15.3. The first-order chi connectivity index (χ1) is 8.63. The van der Waals surface area contributed by atoms with Gasteiger partial charge in [0, 0.05) is 28.0 Å². The molecule has 0 aliphatic heterocycles. The molecule has 0 heterocycles. The predicted molar refractivity (Wildman–Crippen MR) is 78.5 cm³/mol. The van der Waals surface area contributed by atoms with Gasteiger partial charge in [0.2, 0.25) is 0 Å². The van der Waals surface area contributed by atoms with Crippen molar-refractivity contribution < 1.29 is 4.79 Å². The molecule has 1 amide bonds. The van der Waals surface area contributed by atoms with Gasteiger partial charge in [-0.15, -0.1) is 11.6 Å². The molecule has 1 aliphatic carbocycles. The molecule has 2 rings (SSSR count). The number of rotatable bonds is 4. The molecule has 18 heavy (non-hydrogen) atoms. The molecule has 0 N–H and O–H groups in total. The molecule has 5 heteroatoms. The largest absolute Gasteiger partial charge is 0.334 e. The smallest absolute Gasteiger partial charge is 0.255 e. The van der Waals surface area contributed by atoms with E-state index in [0.717, 1.165) is 17.3 Å². The first-order valence-corrected chi connectivity index (χ1v) is 7.66. The van der Waals surface area contributed by atoms with Crippen LogP contribution in [0.5, 0.6) is 0 Å².